The number of aromatic amines is 5. The Morgan fingerprint density at radius 1 is 0.383 bits per heavy atom. The zero-order valence-corrected chi connectivity index (χ0v) is 71.3. The molecule has 2 aliphatic carbocycles. The first kappa shape index (κ1) is 84.1. The van der Waals surface area contributed by atoms with Crippen LogP contribution in [0.4, 0.5) is 25.8 Å². The number of piperidine rings is 2. The van der Waals surface area contributed by atoms with E-state index >= 15 is 0 Å². The van der Waals surface area contributed by atoms with E-state index in [1.54, 1.807) is 43.5 Å². The van der Waals surface area contributed by atoms with Crippen LogP contribution in [0.3, 0.4) is 0 Å². The van der Waals surface area contributed by atoms with E-state index in [-0.39, 0.29) is 40.5 Å². The first-order chi connectivity index (χ1) is 54.6. The van der Waals surface area contributed by atoms with Gasteiger partial charge in [-0.05, 0) is 166 Å². The average molecular weight is 1760 g/mol. The van der Waals surface area contributed by atoms with Crippen molar-refractivity contribution in [2.45, 2.75) is 137 Å². The zero-order valence-electron chi connectivity index (χ0n) is 64.2. The van der Waals surface area contributed by atoms with Gasteiger partial charge in [0.05, 0.1) is 88.5 Å². The van der Waals surface area contributed by atoms with Crippen LogP contribution in [0.25, 0.3) is 65.6 Å². The van der Waals surface area contributed by atoms with Crippen molar-refractivity contribution in [3.8, 4) is 11.1 Å². The Bertz CT molecular complexity index is 5830. The predicted molar refractivity (Wildman–Crippen MR) is 452 cm³/mol. The number of benzene rings is 6. The van der Waals surface area contributed by atoms with Gasteiger partial charge < -0.3 is 14.7 Å². The molecule has 18 rings (SSSR count). The van der Waals surface area contributed by atoms with E-state index in [0.717, 1.165) is 150 Å². The van der Waals surface area contributed by atoms with E-state index in [9.17, 15) is 50.9 Å². The van der Waals surface area contributed by atoms with Crippen LogP contribution in [0.5, 0.6) is 0 Å². The van der Waals surface area contributed by atoms with Crippen molar-refractivity contribution in [3.05, 3.63) is 147 Å². The summed E-state index contributed by atoms with van der Waals surface area (Å²) in [6.07, 6.45) is 26.4. The topological polar surface area (TPSA) is 337 Å². The number of rotatable bonds is 12. The molecule has 0 bridgehead atoms. The van der Waals surface area contributed by atoms with Crippen LogP contribution < -0.4 is 14.7 Å². The number of sulfone groups is 1. The normalized spacial score (nSPS) is 20.9. The van der Waals surface area contributed by atoms with Crippen molar-refractivity contribution < 1.29 is 50.9 Å². The molecule has 0 spiro atoms. The zero-order chi connectivity index (χ0) is 81.6. The van der Waals surface area contributed by atoms with Gasteiger partial charge in [-0.1, -0.05) is 78.2 Å². The van der Waals surface area contributed by atoms with Crippen LogP contribution in [-0.4, -0.2) is 231 Å². The monoisotopic (exact) mass is 1750 g/mol. The molecular weight excluding hydrogens is 1660 g/mol. The minimum Gasteiger partial charge on any atom is -0.371 e. The summed E-state index contributed by atoms with van der Waals surface area (Å²) in [6, 6.07) is 23.8. The number of nitrogens with zero attached hydrogens (tertiary/aromatic N) is 12. The van der Waals surface area contributed by atoms with Gasteiger partial charge in [-0.2, -0.15) is 34.1 Å². The van der Waals surface area contributed by atoms with Gasteiger partial charge in [-0.3, -0.25) is 25.5 Å². The number of hydrogen-bond acceptors (Lipinski definition) is 18. The summed E-state index contributed by atoms with van der Waals surface area (Å²) < 4.78 is 151. The van der Waals surface area contributed by atoms with Crippen molar-refractivity contribution in [1.82, 2.24) is 68.2 Å². The standard InChI is InChI=1S/C17H24N4O2S.2C16H21ClN4O2S.C14H10Cl2N2O2S.C14H17F2N3O2S/c1-24(22,23)21-8-4-13(5-9-21)15-10-14(20-6-2-3-7-20)11-17-16(15)12-18-19-17;2*1-24(22,23)21-7-6-20(14-4-2-3-5-15(14)21)16-9-11(17)8-13-12(16)10-18-19-13;1-21(19,20)9-2-3-10(13(16)6-9)11-4-8(15)5-14-12(11)7-17-18-14;1-22(20,21)19-4-2-9(3-5-19)11-6-10(14(15)16)7-13-12(11)8-17-18-13/h10-13H,2-9H2,1H3,(H,18,19);2*8-10,14-15H,2-7H2,1H3,(H,18,19);2-7H,1H3,(H,17,18);6-9,14H,2-5H2,1H3,(H,17,18). The lowest BCUT2D eigenvalue weighted by Crippen LogP contribution is -2.62. The summed E-state index contributed by atoms with van der Waals surface area (Å²) in [7, 11) is -15.9. The van der Waals surface area contributed by atoms with Gasteiger partial charge in [0.15, 0.2) is 9.84 Å². The SMILES string of the molecule is CS(=O)(=O)N1CCC(c2cc(C(F)F)cc3[nH]ncc23)CC1.CS(=O)(=O)N1CCC(c2cc(N3CCCC3)cc3[nH]ncc23)CC1.CS(=O)(=O)N1CCN(c2cc(Cl)cc3[nH]ncc23)C2CCCCC21.CS(=O)(=O)N1CCN(c2cc(Cl)cc3[nH]ncc23)C2CCCCC21.CS(=O)(=O)c1ccc(-c2cc(Cl)cc3[nH]ncc23)c(Cl)c1. The maximum Gasteiger partial charge on any atom is 0.263 e. The molecule has 5 saturated heterocycles. The highest BCUT2D eigenvalue weighted by Gasteiger charge is 2.44. The van der Waals surface area contributed by atoms with E-state index in [0.29, 0.717) is 102 Å². The summed E-state index contributed by atoms with van der Waals surface area (Å²) >= 11 is 24.9. The molecule has 4 unspecified atom stereocenters. The van der Waals surface area contributed by atoms with Crippen LogP contribution in [0, 0.1) is 0 Å². The van der Waals surface area contributed by atoms with Gasteiger partial charge >= 0.3 is 0 Å². The summed E-state index contributed by atoms with van der Waals surface area (Å²) in [6.45, 7) is 6.68. The van der Waals surface area contributed by atoms with Gasteiger partial charge in [0.2, 0.25) is 40.1 Å². The third-order valence-corrected chi connectivity index (χ3v) is 30.6. The highest BCUT2D eigenvalue weighted by molar-refractivity contribution is 7.90. The van der Waals surface area contributed by atoms with Crippen molar-refractivity contribution in [2.75, 3.05) is 111 Å². The number of nitrogens with one attached hydrogen (secondary N) is 5. The minimum atomic E-state index is -3.29. The summed E-state index contributed by atoms with van der Waals surface area (Å²) in [5.74, 6) is 0.461. The fourth-order valence-corrected chi connectivity index (χ4v) is 23.5. The van der Waals surface area contributed by atoms with Crippen molar-refractivity contribution >= 4 is 168 Å². The molecule has 5 aromatic heterocycles. The van der Waals surface area contributed by atoms with Crippen LogP contribution in [0.1, 0.15) is 125 Å². The first-order valence-electron chi connectivity index (χ1n) is 38.4. The molecule has 0 amide bonds. The van der Waals surface area contributed by atoms with E-state index in [1.807, 2.05) is 42.9 Å². The largest absolute Gasteiger partial charge is 0.371 e. The third-order valence-electron chi connectivity index (χ3n) is 23.3. The molecule has 0 radical (unpaired) electrons. The van der Waals surface area contributed by atoms with Gasteiger partial charge in [0.25, 0.3) is 6.43 Å². The van der Waals surface area contributed by atoms with Gasteiger partial charge in [-0.25, -0.2) is 59.5 Å². The number of H-pyrrole nitrogens is 5. The van der Waals surface area contributed by atoms with Gasteiger partial charge in [0.1, 0.15) is 0 Å². The predicted octanol–water partition coefficient (Wildman–Crippen LogP) is 14.1. The van der Waals surface area contributed by atoms with Crippen molar-refractivity contribution in [3.63, 3.8) is 0 Å². The lowest BCUT2D eigenvalue weighted by molar-refractivity contribution is 0.151. The fraction of sp³-hybridized carbons (Fsp3) is 0.468. The molecule has 7 aliphatic rings. The second-order valence-electron chi connectivity index (χ2n) is 30.9. The fourth-order valence-electron chi connectivity index (χ4n) is 17.9. The highest BCUT2D eigenvalue weighted by atomic mass is 35.5. The molecular formula is C77H93Cl4F2N17O10S5. The molecule has 7 fully saturated rings. The van der Waals surface area contributed by atoms with Crippen molar-refractivity contribution in [1.29, 1.82) is 0 Å². The van der Waals surface area contributed by atoms with E-state index in [1.165, 1.54) is 83.1 Å². The number of fused-ring (bicyclic) bond motifs is 7. The summed E-state index contributed by atoms with van der Waals surface area (Å²) in [4.78, 5) is 7.31. The molecule has 115 heavy (non-hydrogen) atoms. The Labute approximate surface area is 688 Å². The van der Waals surface area contributed by atoms with Crippen molar-refractivity contribution in [2.24, 2.45) is 0 Å². The van der Waals surface area contributed by atoms with E-state index in [2.05, 4.69) is 77.8 Å². The van der Waals surface area contributed by atoms with E-state index < -0.39 is 56.4 Å². The molecule has 2 saturated carbocycles. The molecule has 4 atom stereocenters. The number of sulfonamides is 4. The Balaban J connectivity index is 0.000000119. The molecule has 27 nitrogen and oxygen atoms in total. The summed E-state index contributed by atoms with van der Waals surface area (Å²) in [5.41, 5.74) is 11.3. The Hall–Kier alpha value is -7.32. The Kier molecular flexibility index (Phi) is 25.3. The maximum atomic E-state index is 13.0. The van der Waals surface area contributed by atoms with Crippen LogP contribution in [0.2, 0.25) is 20.1 Å². The highest BCUT2D eigenvalue weighted by Crippen LogP contribution is 2.44. The minimum absolute atomic E-state index is 0.0303. The smallest absolute Gasteiger partial charge is 0.263 e. The average Bonchev–Trinajstić information content (AvgIpc) is 1.30. The molecule has 6 aromatic carbocycles. The quantitative estimate of drug-likeness (QED) is 0.0758. The number of alkyl halides is 2. The second-order valence-corrected chi connectivity index (χ2v) is 42.4. The number of piperazine rings is 2. The number of anilines is 3. The van der Waals surface area contributed by atoms with Crippen LogP contribution in [0.15, 0.2) is 115 Å². The maximum absolute atomic E-state index is 13.0. The van der Waals surface area contributed by atoms with Crippen LogP contribution in [-0.2, 0) is 49.9 Å². The molecule has 10 heterocycles. The lowest BCUT2D eigenvalue weighted by atomic mass is 9.87. The molecule has 5 N–H and O–H groups in total. The van der Waals surface area contributed by atoms with E-state index in [4.69, 9.17) is 46.4 Å². The third kappa shape index (κ3) is 18.9. The summed E-state index contributed by atoms with van der Waals surface area (Å²) in [5, 5.41) is 42.3. The van der Waals surface area contributed by atoms with Crippen LogP contribution >= 0.6 is 46.4 Å². The molecule has 38 heteroatoms. The van der Waals surface area contributed by atoms with Gasteiger partial charge in [0, 0.05) is 171 Å². The number of aromatic nitrogens is 10. The van der Waals surface area contributed by atoms with Gasteiger partial charge in [-0.15, -0.1) is 0 Å². The number of halogens is 6. The number of hydrogen-bond donors (Lipinski definition) is 5. The molecule has 5 aliphatic heterocycles. The molecule has 11 aromatic rings. The Morgan fingerprint density at radius 3 is 1.19 bits per heavy atom. The lowest BCUT2D eigenvalue weighted by Gasteiger charge is -2.50. The Morgan fingerprint density at radius 2 is 0.774 bits per heavy atom. The first-order valence-corrected chi connectivity index (χ1v) is 49.2. The molecule has 618 valence electrons. The second kappa shape index (κ2) is 34.6.